The Kier molecular flexibility index (Phi) is 6.13. The first-order chi connectivity index (χ1) is 9.79. The van der Waals surface area contributed by atoms with Gasteiger partial charge >= 0.3 is 0 Å². The van der Waals surface area contributed by atoms with Gasteiger partial charge in [-0.3, -0.25) is 0 Å². The van der Waals surface area contributed by atoms with Gasteiger partial charge in [0.15, 0.2) is 0 Å². The fraction of sp³-hybridized carbons (Fsp3) is 0.556. The molecule has 0 radical (unpaired) electrons. The van der Waals surface area contributed by atoms with E-state index in [1.165, 1.54) is 36.8 Å². The molecular weight excluding hydrogens is 248 g/mol. The molecule has 1 N–H and O–H groups in total. The van der Waals surface area contributed by atoms with Gasteiger partial charge in [-0.2, -0.15) is 0 Å². The van der Waals surface area contributed by atoms with Gasteiger partial charge in [0.25, 0.3) is 0 Å². The zero-order chi connectivity index (χ0) is 14.2. The largest absolute Gasteiger partial charge is 0.497 e. The normalized spacial score (nSPS) is 20.4. The second-order valence-electron chi connectivity index (χ2n) is 5.63. The van der Waals surface area contributed by atoms with Crippen LogP contribution in [0.5, 0.6) is 5.75 Å². The van der Waals surface area contributed by atoms with Crippen LogP contribution >= 0.6 is 0 Å². The van der Waals surface area contributed by atoms with E-state index in [2.05, 4.69) is 18.2 Å². The molecular formula is C18H26O2. The van der Waals surface area contributed by atoms with E-state index in [9.17, 15) is 5.11 Å². The minimum Gasteiger partial charge on any atom is -0.497 e. The van der Waals surface area contributed by atoms with Gasteiger partial charge in [-0.05, 0) is 61.8 Å². The van der Waals surface area contributed by atoms with Crippen molar-refractivity contribution in [3.05, 3.63) is 41.5 Å². The van der Waals surface area contributed by atoms with Crippen LogP contribution in [0.25, 0.3) is 0 Å². The summed E-state index contributed by atoms with van der Waals surface area (Å²) in [6.45, 7) is 0. The van der Waals surface area contributed by atoms with Gasteiger partial charge in [0.2, 0.25) is 0 Å². The molecule has 0 heterocycles. The molecule has 1 unspecified atom stereocenters. The topological polar surface area (TPSA) is 29.5 Å². The Morgan fingerprint density at radius 3 is 2.60 bits per heavy atom. The molecule has 0 fully saturated rings. The molecule has 0 bridgehead atoms. The zero-order valence-corrected chi connectivity index (χ0v) is 12.5. The summed E-state index contributed by atoms with van der Waals surface area (Å²) >= 11 is 0. The molecule has 1 atom stereocenters. The van der Waals surface area contributed by atoms with E-state index in [1.54, 1.807) is 7.11 Å². The summed E-state index contributed by atoms with van der Waals surface area (Å²) < 4.78 is 5.16. The maximum atomic E-state index is 10.4. The highest BCUT2D eigenvalue weighted by Crippen LogP contribution is 2.22. The molecule has 2 nitrogen and oxygen atoms in total. The zero-order valence-electron chi connectivity index (χ0n) is 12.5. The Balaban J connectivity index is 1.85. The number of hydrogen-bond donors (Lipinski definition) is 1. The number of benzene rings is 1. The number of allylic oxidation sites excluding steroid dienone is 1. The van der Waals surface area contributed by atoms with Crippen LogP contribution in [-0.4, -0.2) is 18.3 Å². The first-order valence-electron chi connectivity index (χ1n) is 7.79. The van der Waals surface area contributed by atoms with Crippen LogP contribution in [0.2, 0.25) is 0 Å². The van der Waals surface area contributed by atoms with Crippen molar-refractivity contribution in [2.75, 3.05) is 7.11 Å². The van der Waals surface area contributed by atoms with E-state index in [0.29, 0.717) is 0 Å². The maximum Gasteiger partial charge on any atom is 0.118 e. The quantitative estimate of drug-likeness (QED) is 0.813. The molecule has 2 rings (SSSR count). The van der Waals surface area contributed by atoms with Crippen LogP contribution in [0.3, 0.4) is 0 Å². The van der Waals surface area contributed by atoms with Crippen molar-refractivity contribution < 1.29 is 9.84 Å². The van der Waals surface area contributed by atoms with E-state index >= 15 is 0 Å². The predicted molar refractivity (Wildman–Crippen MR) is 83.1 cm³/mol. The number of aryl methyl sites for hydroxylation is 1. The highest BCUT2D eigenvalue weighted by Gasteiger charge is 2.12. The van der Waals surface area contributed by atoms with Gasteiger partial charge in [0.05, 0.1) is 13.2 Å². The van der Waals surface area contributed by atoms with Crippen molar-refractivity contribution in [2.24, 2.45) is 0 Å². The molecule has 0 saturated carbocycles. The van der Waals surface area contributed by atoms with E-state index < -0.39 is 0 Å². The van der Waals surface area contributed by atoms with E-state index in [1.807, 2.05) is 12.1 Å². The van der Waals surface area contributed by atoms with Crippen molar-refractivity contribution in [3.8, 4) is 5.75 Å². The van der Waals surface area contributed by atoms with E-state index in [-0.39, 0.29) is 6.10 Å². The fourth-order valence-electron chi connectivity index (χ4n) is 2.80. The molecule has 0 saturated heterocycles. The summed E-state index contributed by atoms with van der Waals surface area (Å²) in [7, 11) is 1.68. The summed E-state index contributed by atoms with van der Waals surface area (Å²) in [6, 6.07) is 8.13. The van der Waals surface area contributed by atoms with Crippen molar-refractivity contribution in [1.29, 1.82) is 0 Å². The summed E-state index contributed by atoms with van der Waals surface area (Å²) in [4.78, 5) is 0. The molecule has 110 valence electrons. The number of methoxy groups -OCH3 is 1. The molecule has 1 aromatic rings. The van der Waals surface area contributed by atoms with Gasteiger partial charge in [-0.15, -0.1) is 0 Å². The van der Waals surface area contributed by atoms with Gasteiger partial charge in [-0.1, -0.05) is 31.1 Å². The monoisotopic (exact) mass is 274 g/mol. The van der Waals surface area contributed by atoms with Crippen LogP contribution in [0, 0.1) is 0 Å². The van der Waals surface area contributed by atoms with Gasteiger partial charge in [0.1, 0.15) is 5.75 Å². The van der Waals surface area contributed by atoms with Gasteiger partial charge < -0.3 is 9.84 Å². The third-order valence-corrected chi connectivity index (χ3v) is 4.12. The summed E-state index contributed by atoms with van der Waals surface area (Å²) in [5.74, 6) is 0.886. The molecule has 0 aromatic heterocycles. The summed E-state index contributed by atoms with van der Waals surface area (Å²) in [5.41, 5.74) is 2.52. The lowest BCUT2D eigenvalue weighted by atomic mass is 9.93. The van der Waals surface area contributed by atoms with Crippen LogP contribution < -0.4 is 4.74 Å². The number of aliphatic hydroxyl groups is 1. The Morgan fingerprint density at radius 1 is 1.10 bits per heavy atom. The van der Waals surface area contributed by atoms with Crippen LogP contribution in [0.1, 0.15) is 50.5 Å². The lowest BCUT2D eigenvalue weighted by Crippen LogP contribution is -2.12. The SMILES string of the molecule is COc1ccc(CCC(O)/C2=C/CCCCCC2)cc1. The Hall–Kier alpha value is -1.28. The standard InChI is InChI=1S/C18H26O2/c1-20-17-12-9-15(10-13-17)11-14-18(19)16-7-5-3-2-4-6-8-16/h7,9-10,12-13,18-19H,2-6,8,11,14H2,1H3/b16-7+. The predicted octanol–water partition coefficient (Wildman–Crippen LogP) is 4.27. The smallest absolute Gasteiger partial charge is 0.118 e. The molecule has 1 aliphatic rings. The third-order valence-electron chi connectivity index (χ3n) is 4.12. The van der Waals surface area contributed by atoms with Gasteiger partial charge in [-0.25, -0.2) is 0 Å². The first-order valence-corrected chi connectivity index (χ1v) is 7.79. The van der Waals surface area contributed by atoms with Crippen molar-refractivity contribution >= 4 is 0 Å². The second-order valence-corrected chi connectivity index (χ2v) is 5.63. The molecule has 1 aromatic carbocycles. The molecule has 0 spiro atoms. The van der Waals surface area contributed by atoms with E-state index in [0.717, 1.165) is 31.4 Å². The Morgan fingerprint density at radius 2 is 1.85 bits per heavy atom. The number of ether oxygens (including phenoxy) is 1. The average Bonchev–Trinajstić information content (AvgIpc) is 2.45. The lowest BCUT2D eigenvalue weighted by Gasteiger charge is -2.17. The molecule has 0 aliphatic heterocycles. The Bertz CT molecular complexity index is 420. The van der Waals surface area contributed by atoms with Gasteiger partial charge in [0, 0.05) is 0 Å². The van der Waals surface area contributed by atoms with Crippen LogP contribution in [-0.2, 0) is 6.42 Å². The van der Waals surface area contributed by atoms with Crippen molar-refractivity contribution in [1.82, 2.24) is 0 Å². The minimum absolute atomic E-state index is 0.268. The summed E-state index contributed by atoms with van der Waals surface area (Å²) in [5, 5.41) is 10.4. The molecule has 1 aliphatic carbocycles. The fourth-order valence-corrected chi connectivity index (χ4v) is 2.80. The van der Waals surface area contributed by atoms with Crippen molar-refractivity contribution in [2.45, 2.75) is 57.5 Å². The Labute approximate surface area is 122 Å². The van der Waals surface area contributed by atoms with Crippen molar-refractivity contribution in [3.63, 3.8) is 0 Å². The maximum absolute atomic E-state index is 10.4. The highest BCUT2D eigenvalue weighted by atomic mass is 16.5. The van der Waals surface area contributed by atoms with E-state index in [4.69, 9.17) is 4.74 Å². The minimum atomic E-state index is -0.268. The highest BCUT2D eigenvalue weighted by molar-refractivity contribution is 5.27. The number of hydrogen-bond acceptors (Lipinski definition) is 2. The molecule has 0 amide bonds. The van der Waals surface area contributed by atoms with Crippen LogP contribution in [0.15, 0.2) is 35.9 Å². The molecule has 2 heteroatoms. The molecule has 20 heavy (non-hydrogen) atoms. The average molecular weight is 274 g/mol. The van der Waals surface area contributed by atoms with Crippen LogP contribution in [0.4, 0.5) is 0 Å². The number of aliphatic hydroxyl groups excluding tert-OH is 1. The summed E-state index contributed by atoms with van der Waals surface area (Å²) in [6.07, 6.45) is 11.1. The lowest BCUT2D eigenvalue weighted by molar-refractivity contribution is 0.195. The number of rotatable bonds is 5. The third kappa shape index (κ3) is 4.68. The first kappa shape index (κ1) is 15.1. The second kappa shape index (κ2) is 8.11.